The lowest BCUT2D eigenvalue weighted by Gasteiger charge is -2.38. The van der Waals surface area contributed by atoms with Gasteiger partial charge in [-0.15, -0.1) is 0 Å². The summed E-state index contributed by atoms with van der Waals surface area (Å²) in [6.07, 6.45) is 0.688. The van der Waals surface area contributed by atoms with Gasteiger partial charge < -0.3 is 19.3 Å². The fraction of sp³-hybridized carbons (Fsp3) is 0.381. The normalized spacial score (nSPS) is 19.3. The van der Waals surface area contributed by atoms with E-state index in [-0.39, 0.29) is 11.8 Å². The van der Waals surface area contributed by atoms with Crippen molar-refractivity contribution in [3.63, 3.8) is 0 Å². The van der Waals surface area contributed by atoms with Crippen LogP contribution in [-0.4, -0.2) is 50.7 Å². The first-order valence-corrected chi connectivity index (χ1v) is 9.61. The second kappa shape index (κ2) is 7.69. The van der Waals surface area contributed by atoms with Crippen LogP contribution in [0.2, 0.25) is 5.02 Å². The zero-order valence-electron chi connectivity index (χ0n) is 15.4. The second-order valence-corrected chi connectivity index (χ2v) is 7.41. The molecule has 0 radical (unpaired) electrons. The quantitative estimate of drug-likeness (QED) is 0.812. The average Bonchev–Trinajstić information content (AvgIpc) is 2.73. The molecule has 5 nitrogen and oxygen atoms in total. The summed E-state index contributed by atoms with van der Waals surface area (Å²) >= 11 is 6.08. The van der Waals surface area contributed by atoms with E-state index in [4.69, 9.17) is 21.1 Å². The van der Waals surface area contributed by atoms with E-state index in [0.717, 1.165) is 48.9 Å². The number of carbonyl (C=O) groups is 1. The van der Waals surface area contributed by atoms with Crippen LogP contribution in [-0.2, 0) is 11.2 Å². The number of hydrogen-bond acceptors (Lipinski definition) is 4. The second-order valence-electron chi connectivity index (χ2n) is 6.97. The fourth-order valence-electron chi connectivity index (χ4n) is 3.76. The molecule has 2 aliphatic heterocycles. The van der Waals surface area contributed by atoms with Crippen molar-refractivity contribution in [3.8, 4) is 11.5 Å². The molecule has 0 aromatic heterocycles. The topological polar surface area (TPSA) is 42.0 Å². The fourth-order valence-corrected chi connectivity index (χ4v) is 3.95. The molecule has 0 unspecified atom stereocenters. The maximum absolute atomic E-state index is 13.0. The van der Waals surface area contributed by atoms with Gasteiger partial charge in [-0.1, -0.05) is 11.6 Å². The van der Waals surface area contributed by atoms with Crippen LogP contribution >= 0.6 is 11.6 Å². The molecule has 27 heavy (non-hydrogen) atoms. The van der Waals surface area contributed by atoms with Crippen LogP contribution in [0, 0.1) is 5.92 Å². The molecule has 6 heteroatoms. The minimum atomic E-state index is -0.136. The Morgan fingerprint density at radius 2 is 1.85 bits per heavy atom. The van der Waals surface area contributed by atoms with Crippen molar-refractivity contribution in [2.24, 2.45) is 5.92 Å². The van der Waals surface area contributed by atoms with E-state index < -0.39 is 0 Å². The van der Waals surface area contributed by atoms with Gasteiger partial charge >= 0.3 is 0 Å². The molecule has 0 spiro atoms. The van der Waals surface area contributed by atoms with Crippen LogP contribution < -0.4 is 14.4 Å². The summed E-state index contributed by atoms with van der Waals surface area (Å²) < 4.78 is 11.0. The van der Waals surface area contributed by atoms with Gasteiger partial charge in [0.2, 0.25) is 5.91 Å². The van der Waals surface area contributed by atoms with Gasteiger partial charge in [0.15, 0.2) is 0 Å². The predicted octanol–water partition coefficient (Wildman–Crippen LogP) is 3.25. The maximum Gasteiger partial charge on any atom is 0.229 e. The van der Waals surface area contributed by atoms with Crippen LogP contribution in [0.4, 0.5) is 5.69 Å². The number of rotatable bonds is 3. The Morgan fingerprint density at radius 1 is 1.11 bits per heavy atom. The summed E-state index contributed by atoms with van der Waals surface area (Å²) in [5, 5.41) is 0.679. The number of fused-ring (bicyclic) bond motifs is 1. The number of hydrogen-bond donors (Lipinski definition) is 0. The summed E-state index contributed by atoms with van der Waals surface area (Å²) in [5.74, 6) is 1.73. The summed E-state index contributed by atoms with van der Waals surface area (Å²) in [4.78, 5) is 17.2. The van der Waals surface area contributed by atoms with E-state index >= 15 is 0 Å². The van der Waals surface area contributed by atoms with Gasteiger partial charge in [-0.25, -0.2) is 0 Å². The van der Waals surface area contributed by atoms with Gasteiger partial charge in [0.1, 0.15) is 18.1 Å². The number of halogens is 1. The van der Waals surface area contributed by atoms with Crippen LogP contribution in [0.3, 0.4) is 0 Å². The minimum absolute atomic E-state index is 0.136. The molecule has 0 N–H and O–H groups in total. The Morgan fingerprint density at radius 3 is 2.56 bits per heavy atom. The van der Waals surface area contributed by atoms with Crippen LogP contribution in [0.5, 0.6) is 11.5 Å². The van der Waals surface area contributed by atoms with E-state index in [1.165, 1.54) is 0 Å². The van der Waals surface area contributed by atoms with Crippen LogP contribution in [0.1, 0.15) is 5.56 Å². The zero-order valence-corrected chi connectivity index (χ0v) is 16.1. The molecular weight excluding hydrogens is 364 g/mol. The van der Waals surface area contributed by atoms with Gasteiger partial charge in [-0.3, -0.25) is 4.79 Å². The number of ether oxygens (including phenoxy) is 2. The highest BCUT2D eigenvalue weighted by Crippen LogP contribution is 2.31. The standard InChI is InChI=1S/C21H23ClN2O3/c1-26-19-5-3-18(4-6-19)23-8-10-24(11-9-23)21(25)16-12-15-13-17(22)2-7-20(15)27-14-16/h2-7,13,16H,8-12,14H2,1H3/t16-/m0/s1. The number of methoxy groups -OCH3 is 1. The maximum atomic E-state index is 13.0. The Kier molecular flexibility index (Phi) is 5.12. The van der Waals surface area contributed by atoms with Crippen molar-refractivity contribution in [1.82, 2.24) is 4.90 Å². The Balaban J connectivity index is 1.36. The number of anilines is 1. The number of amides is 1. The first-order chi connectivity index (χ1) is 13.1. The first kappa shape index (κ1) is 18.0. The molecule has 4 rings (SSSR count). The highest BCUT2D eigenvalue weighted by molar-refractivity contribution is 6.30. The highest BCUT2D eigenvalue weighted by Gasteiger charge is 2.31. The third-order valence-electron chi connectivity index (χ3n) is 5.31. The molecule has 1 saturated heterocycles. The molecule has 2 heterocycles. The molecule has 2 aromatic carbocycles. The lowest BCUT2D eigenvalue weighted by atomic mass is 9.95. The lowest BCUT2D eigenvalue weighted by Crippen LogP contribution is -2.51. The van der Waals surface area contributed by atoms with Crippen molar-refractivity contribution in [2.75, 3.05) is 44.8 Å². The molecule has 1 atom stereocenters. The Bertz CT molecular complexity index is 817. The third kappa shape index (κ3) is 3.83. The van der Waals surface area contributed by atoms with E-state index in [2.05, 4.69) is 17.0 Å². The molecule has 142 valence electrons. The average molecular weight is 387 g/mol. The van der Waals surface area contributed by atoms with Crippen molar-refractivity contribution in [2.45, 2.75) is 6.42 Å². The Labute approximate surface area is 164 Å². The van der Waals surface area contributed by atoms with Crippen molar-refractivity contribution >= 4 is 23.2 Å². The molecule has 0 saturated carbocycles. The Hall–Kier alpha value is -2.40. The monoisotopic (exact) mass is 386 g/mol. The lowest BCUT2D eigenvalue weighted by molar-refractivity contribution is -0.137. The summed E-state index contributed by atoms with van der Waals surface area (Å²) in [6, 6.07) is 13.7. The van der Waals surface area contributed by atoms with Crippen molar-refractivity contribution in [3.05, 3.63) is 53.1 Å². The zero-order chi connectivity index (χ0) is 18.8. The van der Waals surface area contributed by atoms with Gasteiger partial charge in [0.05, 0.1) is 13.0 Å². The number of carbonyl (C=O) groups excluding carboxylic acids is 1. The molecule has 1 amide bonds. The predicted molar refractivity (Wildman–Crippen MR) is 106 cm³/mol. The smallest absolute Gasteiger partial charge is 0.229 e. The number of benzene rings is 2. The minimum Gasteiger partial charge on any atom is -0.497 e. The van der Waals surface area contributed by atoms with Gasteiger partial charge in [-0.05, 0) is 54.4 Å². The van der Waals surface area contributed by atoms with E-state index in [9.17, 15) is 4.79 Å². The molecule has 2 aliphatic rings. The molecular formula is C21H23ClN2O3. The largest absolute Gasteiger partial charge is 0.497 e. The molecule has 0 aliphatic carbocycles. The van der Waals surface area contributed by atoms with Crippen molar-refractivity contribution < 1.29 is 14.3 Å². The van der Waals surface area contributed by atoms with Crippen molar-refractivity contribution in [1.29, 1.82) is 0 Å². The molecule has 0 bridgehead atoms. The van der Waals surface area contributed by atoms with Gasteiger partial charge in [0, 0.05) is 36.9 Å². The van der Waals surface area contributed by atoms with E-state index in [0.29, 0.717) is 18.1 Å². The van der Waals surface area contributed by atoms with Gasteiger partial charge in [0.25, 0.3) is 0 Å². The highest BCUT2D eigenvalue weighted by atomic mass is 35.5. The van der Waals surface area contributed by atoms with Crippen LogP contribution in [0.25, 0.3) is 0 Å². The van der Waals surface area contributed by atoms with E-state index in [1.54, 1.807) is 7.11 Å². The SMILES string of the molecule is COc1ccc(N2CCN(C(=O)[C@@H]3COc4ccc(Cl)cc4C3)CC2)cc1. The third-order valence-corrected chi connectivity index (χ3v) is 5.54. The first-order valence-electron chi connectivity index (χ1n) is 9.23. The number of nitrogens with zero attached hydrogens (tertiary/aromatic N) is 2. The summed E-state index contributed by atoms with van der Waals surface area (Å²) in [6.45, 7) is 3.54. The molecule has 1 fully saturated rings. The van der Waals surface area contributed by atoms with E-state index in [1.807, 2.05) is 35.2 Å². The van der Waals surface area contributed by atoms with Crippen LogP contribution in [0.15, 0.2) is 42.5 Å². The number of piperazine rings is 1. The molecule has 2 aromatic rings. The summed E-state index contributed by atoms with van der Waals surface area (Å²) in [7, 11) is 1.67. The van der Waals surface area contributed by atoms with Gasteiger partial charge in [-0.2, -0.15) is 0 Å². The summed E-state index contributed by atoms with van der Waals surface area (Å²) in [5.41, 5.74) is 2.18.